The second-order valence-electron chi connectivity index (χ2n) is 7.79. The van der Waals surface area contributed by atoms with Crippen molar-refractivity contribution in [2.24, 2.45) is 0 Å². The Kier molecular flexibility index (Phi) is 10.6. The molecular formula is C22H31Cl2N5O4. The maximum Gasteiger partial charge on any atom is 0.319 e. The average molecular weight is 500 g/mol. The maximum atomic E-state index is 12.3. The number of amides is 2. The number of para-hydroxylation sites is 1. The van der Waals surface area contributed by atoms with Gasteiger partial charge in [-0.25, -0.2) is 9.78 Å². The number of ether oxygens (including phenoxy) is 1. The number of carbonyl (C=O) groups excluding carboxylic acids is 1. The molecule has 4 atom stereocenters. The summed E-state index contributed by atoms with van der Waals surface area (Å²) in [4.78, 5) is 21.1. The molecule has 3 heterocycles. The SMILES string of the molecule is Cl.Cl.O=C(NC[C@H]1O[C@@H](CO)[C@@H](O)[C@H]1N1CCN(c2ccccn2)CC1)Nc1ccccc1. The number of aliphatic hydroxyl groups excluding tert-OH is 2. The van der Waals surface area contributed by atoms with Crippen molar-refractivity contribution in [3.8, 4) is 0 Å². The van der Waals surface area contributed by atoms with Crippen LogP contribution in [-0.4, -0.2) is 89.8 Å². The number of benzene rings is 1. The molecule has 11 heteroatoms. The Morgan fingerprint density at radius 2 is 1.73 bits per heavy atom. The fourth-order valence-electron chi connectivity index (χ4n) is 4.28. The van der Waals surface area contributed by atoms with E-state index in [9.17, 15) is 15.0 Å². The van der Waals surface area contributed by atoms with Crippen LogP contribution in [0.4, 0.5) is 16.3 Å². The number of piperazine rings is 1. The molecule has 2 aromatic rings. The normalized spacial score (nSPS) is 25.0. The van der Waals surface area contributed by atoms with Crippen LogP contribution in [0, 0.1) is 0 Å². The molecule has 4 N–H and O–H groups in total. The molecule has 2 aliphatic rings. The molecule has 0 unspecified atom stereocenters. The van der Waals surface area contributed by atoms with Crippen LogP contribution in [0.1, 0.15) is 0 Å². The minimum atomic E-state index is -0.824. The van der Waals surface area contributed by atoms with Crippen molar-refractivity contribution >= 4 is 42.4 Å². The van der Waals surface area contributed by atoms with E-state index in [2.05, 4.69) is 25.4 Å². The Bertz CT molecular complexity index is 843. The molecule has 2 saturated heterocycles. The Hall–Kier alpha value is -2.14. The molecule has 4 rings (SSSR count). The third-order valence-electron chi connectivity index (χ3n) is 5.85. The van der Waals surface area contributed by atoms with Crippen LogP contribution in [0.2, 0.25) is 0 Å². The van der Waals surface area contributed by atoms with Crippen LogP contribution < -0.4 is 15.5 Å². The fraction of sp³-hybridized carbons (Fsp3) is 0.455. The third-order valence-corrected chi connectivity index (χ3v) is 5.85. The number of hydrogen-bond donors (Lipinski definition) is 4. The zero-order valence-electron chi connectivity index (χ0n) is 18.1. The maximum absolute atomic E-state index is 12.3. The summed E-state index contributed by atoms with van der Waals surface area (Å²) >= 11 is 0. The smallest absolute Gasteiger partial charge is 0.319 e. The summed E-state index contributed by atoms with van der Waals surface area (Å²) in [6.45, 7) is 2.98. The highest BCUT2D eigenvalue weighted by molar-refractivity contribution is 5.89. The van der Waals surface area contributed by atoms with Gasteiger partial charge in [0.15, 0.2) is 0 Å². The van der Waals surface area contributed by atoms with Gasteiger partial charge in [-0.1, -0.05) is 24.3 Å². The van der Waals surface area contributed by atoms with Crippen LogP contribution in [-0.2, 0) is 4.74 Å². The summed E-state index contributed by atoms with van der Waals surface area (Å²) in [6.07, 6.45) is -0.127. The van der Waals surface area contributed by atoms with Crippen LogP contribution in [0.15, 0.2) is 54.7 Å². The number of nitrogens with zero attached hydrogens (tertiary/aromatic N) is 3. The van der Waals surface area contributed by atoms with E-state index in [0.717, 1.165) is 32.0 Å². The largest absolute Gasteiger partial charge is 0.394 e. The molecule has 0 saturated carbocycles. The van der Waals surface area contributed by atoms with Crippen molar-refractivity contribution in [3.05, 3.63) is 54.7 Å². The number of rotatable bonds is 6. The molecule has 0 spiro atoms. The number of carbonyl (C=O) groups is 1. The van der Waals surface area contributed by atoms with Gasteiger partial charge in [0.2, 0.25) is 0 Å². The van der Waals surface area contributed by atoms with Gasteiger partial charge in [0.1, 0.15) is 18.0 Å². The Labute approximate surface area is 205 Å². The standard InChI is InChI=1S/C22H29N5O4.2ClH/c28-15-18-21(29)20(27-12-10-26(11-13-27)19-8-4-5-9-23-19)17(31-18)14-24-22(30)25-16-6-2-1-3-7-16;;/h1-9,17-18,20-21,28-29H,10-15H2,(H2,24,25,30);2*1H/t17-,18+,20+,21-;;/m1../s1. The number of hydrogen-bond acceptors (Lipinski definition) is 7. The van der Waals surface area contributed by atoms with E-state index in [1.165, 1.54) is 0 Å². The second kappa shape index (κ2) is 12.9. The number of urea groups is 1. The minimum Gasteiger partial charge on any atom is -0.394 e. The molecule has 2 amide bonds. The molecule has 1 aromatic heterocycles. The fourth-order valence-corrected chi connectivity index (χ4v) is 4.28. The van der Waals surface area contributed by atoms with Crippen LogP contribution in [0.5, 0.6) is 0 Å². The molecular weight excluding hydrogens is 469 g/mol. The first kappa shape index (κ1) is 27.1. The molecule has 33 heavy (non-hydrogen) atoms. The number of anilines is 2. The Balaban J connectivity index is 0.00000193. The average Bonchev–Trinajstić information content (AvgIpc) is 3.14. The highest BCUT2D eigenvalue weighted by Gasteiger charge is 2.46. The second-order valence-corrected chi connectivity index (χ2v) is 7.79. The van der Waals surface area contributed by atoms with Gasteiger partial charge in [0, 0.05) is 44.6 Å². The van der Waals surface area contributed by atoms with Crippen molar-refractivity contribution in [3.63, 3.8) is 0 Å². The molecule has 0 aliphatic carbocycles. The third kappa shape index (κ3) is 6.69. The van der Waals surface area contributed by atoms with Crippen molar-refractivity contribution < 1.29 is 19.7 Å². The molecule has 182 valence electrons. The Morgan fingerprint density at radius 3 is 2.36 bits per heavy atom. The lowest BCUT2D eigenvalue weighted by molar-refractivity contribution is -0.0205. The van der Waals surface area contributed by atoms with Crippen LogP contribution in [0.3, 0.4) is 0 Å². The molecule has 2 aliphatic heterocycles. The molecule has 1 aromatic carbocycles. The summed E-state index contributed by atoms with van der Waals surface area (Å²) in [5.41, 5.74) is 0.697. The predicted octanol–water partition coefficient (Wildman–Crippen LogP) is 1.36. The van der Waals surface area contributed by atoms with E-state index in [1.54, 1.807) is 18.3 Å². The van der Waals surface area contributed by atoms with Crippen molar-refractivity contribution in [2.75, 3.05) is 49.5 Å². The first-order valence-electron chi connectivity index (χ1n) is 10.6. The van der Waals surface area contributed by atoms with Crippen molar-refractivity contribution in [1.29, 1.82) is 0 Å². The first-order chi connectivity index (χ1) is 15.2. The highest BCUT2D eigenvalue weighted by atomic mass is 35.5. The van der Waals surface area contributed by atoms with Crippen LogP contribution >= 0.6 is 24.8 Å². The van der Waals surface area contributed by atoms with Gasteiger partial charge in [-0.05, 0) is 24.3 Å². The zero-order chi connectivity index (χ0) is 21.6. The van der Waals surface area contributed by atoms with Gasteiger partial charge >= 0.3 is 6.03 Å². The van der Waals surface area contributed by atoms with E-state index in [1.807, 2.05) is 36.4 Å². The van der Waals surface area contributed by atoms with E-state index in [4.69, 9.17) is 4.74 Å². The summed E-state index contributed by atoms with van der Waals surface area (Å²) in [6, 6.07) is 14.4. The number of halogens is 2. The van der Waals surface area contributed by atoms with Crippen LogP contribution in [0.25, 0.3) is 0 Å². The monoisotopic (exact) mass is 499 g/mol. The first-order valence-corrected chi connectivity index (χ1v) is 10.6. The lowest BCUT2D eigenvalue weighted by atomic mass is 10.0. The van der Waals surface area contributed by atoms with Gasteiger partial charge in [0.25, 0.3) is 0 Å². The van der Waals surface area contributed by atoms with Crippen molar-refractivity contribution in [2.45, 2.75) is 24.4 Å². The topological polar surface area (TPSA) is 110 Å². The molecule has 0 radical (unpaired) electrons. The quantitative estimate of drug-likeness (QED) is 0.474. The van der Waals surface area contributed by atoms with Gasteiger partial charge in [-0.2, -0.15) is 0 Å². The van der Waals surface area contributed by atoms with E-state index in [0.29, 0.717) is 5.69 Å². The molecule has 2 fully saturated rings. The number of aliphatic hydroxyl groups is 2. The van der Waals surface area contributed by atoms with Gasteiger partial charge in [-0.15, -0.1) is 24.8 Å². The summed E-state index contributed by atoms with van der Waals surface area (Å²) < 4.78 is 5.89. The zero-order valence-corrected chi connectivity index (χ0v) is 19.8. The van der Waals surface area contributed by atoms with Crippen molar-refractivity contribution in [1.82, 2.24) is 15.2 Å². The molecule has 0 bridgehead atoms. The van der Waals surface area contributed by atoms with E-state index >= 15 is 0 Å². The minimum absolute atomic E-state index is 0. The number of nitrogens with one attached hydrogen (secondary N) is 2. The van der Waals surface area contributed by atoms with E-state index < -0.39 is 18.3 Å². The van der Waals surface area contributed by atoms with Gasteiger partial charge < -0.3 is 30.5 Å². The molecule has 9 nitrogen and oxygen atoms in total. The lowest BCUT2D eigenvalue weighted by Gasteiger charge is -2.40. The Morgan fingerprint density at radius 1 is 1.03 bits per heavy atom. The lowest BCUT2D eigenvalue weighted by Crippen LogP contribution is -2.57. The van der Waals surface area contributed by atoms with E-state index in [-0.39, 0.29) is 50.0 Å². The summed E-state index contributed by atoms with van der Waals surface area (Å²) in [5.74, 6) is 0.939. The van der Waals surface area contributed by atoms with Gasteiger partial charge in [0.05, 0.1) is 18.8 Å². The predicted molar refractivity (Wildman–Crippen MR) is 132 cm³/mol. The number of pyridine rings is 1. The summed E-state index contributed by atoms with van der Waals surface area (Å²) in [5, 5.41) is 26.0. The number of aromatic nitrogens is 1. The van der Waals surface area contributed by atoms with Gasteiger partial charge in [-0.3, -0.25) is 4.90 Å². The summed E-state index contributed by atoms with van der Waals surface area (Å²) in [7, 11) is 0. The highest BCUT2D eigenvalue weighted by Crippen LogP contribution is 2.27.